The van der Waals surface area contributed by atoms with Crippen LogP contribution in [-0.4, -0.2) is 0 Å². The van der Waals surface area contributed by atoms with Gasteiger partial charge in [0.2, 0.25) is 0 Å². The van der Waals surface area contributed by atoms with Gasteiger partial charge in [-0.15, -0.1) is 0 Å². The molecule has 0 spiro atoms. The van der Waals surface area contributed by atoms with Gasteiger partial charge in [-0.05, 0) is 49.7 Å². The summed E-state index contributed by atoms with van der Waals surface area (Å²) in [6.07, 6.45) is 0. The summed E-state index contributed by atoms with van der Waals surface area (Å²) in [6.45, 7) is 4.25. The van der Waals surface area contributed by atoms with E-state index in [9.17, 15) is 4.79 Å². The number of aryl methyl sites for hydroxylation is 2. The first-order valence-corrected chi connectivity index (χ1v) is 7.75. The van der Waals surface area contributed by atoms with Gasteiger partial charge in [-0.2, -0.15) is 0 Å². The second-order valence-electron chi connectivity index (χ2n) is 5.95. The normalized spacial score (nSPS) is 11.2. The smallest absolute Gasteiger partial charge is 0.336 e. The summed E-state index contributed by atoms with van der Waals surface area (Å²) >= 11 is 0. The predicted octanol–water partition coefficient (Wildman–Crippen LogP) is 4.74. The number of hydrogen-bond donors (Lipinski definition) is 0. The zero-order valence-corrected chi connectivity index (χ0v) is 13.5. The molecule has 0 fully saturated rings. The summed E-state index contributed by atoms with van der Waals surface area (Å²) in [4.78, 5) is 11.5. The van der Waals surface area contributed by atoms with E-state index in [0.29, 0.717) is 17.9 Å². The van der Waals surface area contributed by atoms with E-state index in [1.165, 1.54) is 11.6 Å². The Labute approximate surface area is 138 Å². The molecule has 2 aromatic carbocycles. The molecular formula is C20H16O4. The molecule has 4 aromatic rings. The number of benzene rings is 2. The standard InChI is InChI=1S/C20H16O4/c1-12-3-6-18-14(7-12)9-16(23-18)11-22-15-4-5-17-13(2)8-20(21)24-19(17)10-15/h3-10H,11H2,1-2H3. The fraction of sp³-hybridized carbons (Fsp3) is 0.150. The van der Waals surface area contributed by atoms with Crippen LogP contribution in [-0.2, 0) is 6.61 Å². The molecule has 2 heterocycles. The Hall–Kier alpha value is -3.01. The third-order valence-electron chi connectivity index (χ3n) is 4.03. The Bertz CT molecular complexity index is 1100. The lowest BCUT2D eigenvalue weighted by Crippen LogP contribution is -1.98. The van der Waals surface area contributed by atoms with Crippen molar-refractivity contribution in [3.63, 3.8) is 0 Å². The minimum Gasteiger partial charge on any atom is -0.486 e. The zero-order chi connectivity index (χ0) is 16.7. The van der Waals surface area contributed by atoms with E-state index in [1.54, 1.807) is 6.07 Å². The molecule has 0 saturated heterocycles. The molecule has 0 bridgehead atoms. The van der Waals surface area contributed by atoms with Crippen molar-refractivity contribution in [1.82, 2.24) is 0 Å². The van der Waals surface area contributed by atoms with Crippen LogP contribution in [0.3, 0.4) is 0 Å². The van der Waals surface area contributed by atoms with Gasteiger partial charge in [-0.1, -0.05) is 11.6 Å². The highest BCUT2D eigenvalue weighted by Crippen LogP contribution is 2.25. The molecule has 0 N–H and O–H groups in total. The molecule has 4 rings (SSSR count). The summed E-state index contributed by atoms with van der Waals surface area (Å²) in [5.74, 6) is 1.38. The monoisotopic (exact) mass is 320 g/mol. The minimum absolute atomic E-state index is 0.315. The van der Waals surface area contributed by atoms with Crippen molar-refractivity contribution >= 4 is 21.9 Å². The summed E-state index contributed by atoms with van der Waals surface area (Å²) < 4.78 is 16.8. The molecular weight excluding hydrogens is 304 g/mol. The van der Waals surface area contributed by atoms with Crippen molar-refractivity contribution in [2.24, 2.45) is 0 Å². The van der Waals surface area contributed by atoms with Crippen molar-refractivity contribution in [2.45, 2.75) is 20.5 Å². The lowest BCUT2D eigenvalue weighted by atomic mass is 10.1. The Kier molecular flexibility index (Phi) is 3.38. The molecule has 24 heavy (non-hydrogen) atoms. The molecule has 0 atom stereocenters. The van der Waals surface area contributed by atoms with E-state index >= 15 is 0 Å². The first kappa shape index (κ1) is 14.6. The molecule has 0 aliphatic rings. The van der Waals surface area contributed by atoms with Gasteiger partial charge in [0.15, 0.2) is 0 Å². The number of ether oxygens (including phenoxy) is 1. The van der Waals surface area contributed by atoms with E-state index in [2.05, 4.69) is 6.07 Å². The van der Waals surface area contributed by atoms with Crippen molar-refractivity contribution in [1.29, 1.82) is 0 Å². The van der Waals surface area contributed by atoms with E-state index in [1.807, 2.05) is 44.2 Å². The van der Waals surface area contributed by atoms with Crippen molar-refractivity contribution in [2.75, 3.05) is 0 Å². The summed E-state index contributed by atoms with van der Waals surface area (Å²) in [5.41, 5.74) is 3.10. The Morgan fingerprint density at radius 1 is 0.917 bits per heavy atom. The second-order valence-corrected chi connectivity index (χ2v) is 5.95. The van der Waals surface area contributed by atoms with Crippen LogP contribution in [0.2, 0.25) is 0 Å². The molecule has 0 aliphatic heterocycles. The topological polar surface area (TPSA) is 52.6 Å². The number of rotatable bonds is 3. The van der Waals surface area contributed by atoms with Crippen molar-refractivity contribution in [3.8, 4) is 5.75 Å². The van der Waals surface area contributed by atoms with E-state index in [-0.39, 0.29) is 5.63 Å². The number of hydrogen-bond acceptors (Lipinski definition) is 4. The first-order valence-electron chi connectivity index (χ1n) is 7.75. The summed E-state index contributed by atoms with van der Waals surface area (Å²) in [5, 5.41) is 1.97. The molecule has 0 unspecified atom stereocenters. The summed E-state index contributed by atoms with van der Waals surface area (Å²) in [7, 11) is 0. The molecule has 0 saturated carbocycles. The van der Waals surface area contributed by atoms with E-state index in [4.69, 9.17) is 13.6 Å². The molecule has 4 nitrogen and oxygen atoms in total. The predicted molar refractivity (Wildman–Crippen MR) is 92.5 cm³/mol. The summed E-state index contributed by atoms with van der Waals surface area (Å²) in [6, 6.07) is 15.0. The SMILES string of the molecule is Cc1ccc2oc(COc3ccc4c(C)cc(=O)oc4c3)cc2c1. The van der Waals surface area contributed by atoms with Crippen LogP contribution >= 0.6 is 0 Å². The van der Waals surface area contributed by atoms with Gasteiger partial charge < -0.3 is 13.6 Å². The highest BCUT2D eigenvalue weighted by molar-refractivity contribution is 5.81. The van der Waals surface area contributed by atoms with Crippen LogP contribution in [0.1, 0.15) is 16.9 Å². The van der Waals surface area contributed by atoms with Crippen LogP contribution in [0.4, 0.5) is 0 Å². The third kappa shape index (κ3) is 2.67. The van der Waals surface area contributed by atoms with Gasteiger partial charge >= 0.3 is 5.63 Å². The van der Waals surface area contributed by atoms with Gasteiger partial charge in [0, 0.05) is 22.9 Å². The molecule has 4 heteroatoms. The number of furan rings is 1. The van der Waals surface area contributed by atoms with Crippen LogP contribution in [0.25, 0.3) is 21.9 Å². The van der Waals surface area contributed by atoms with Crippen LogP contribution in [0.5, 0.6) is 5.75 Å². The van der Waals surface area contributed by atoms with Crippen molar-refractivity contribution < 1.29 is 13.6 Å². The minimum atomic E-state index is -0.357. The molecule has 0 amide bonds. The third-order valence-corrected chi connectivity index (χ3v) is 4.03. The van der Waals surface area contributed by atoms with Gasteiger partial charge in [0.05, 0.1) is 0 Å². The van der Waals surface area contributed by atoms with Crippen LogP contribution in [0, 0.1) is 13.8 Å². The Morgan fingerprint density at radius 2 is 1.79 bits per heavy atom. The maximum absolute atomic E-state index is 11.5. The molecule has 120 valence electrons. The lowest BCUT2D eigenvalue weighted by Gasteiger charge is -2.06. The average molecular weight is 320 g/mol. The van der Waals surface area contributed by atoms with Gasteiger partial charge in [0.1, 0.15) is 29.3 Å². The second kappa shape index (κ2) is 5.57. The molecule has 2 aromatic heterocycles. The average Bonchev–Trinajstić information content (AvgIpc) is 2.94. The largest absolute Gasteiger partial charge is 0.486 e. The fourth-order valence-corrected chi connectivity index (χ4v) is 2.84. The Balaban J connectivity index is 1.60. The maximum atomic E-state index is 11.5. The van der Waals surface area contributed by atoms with Gasteiger partial charge in [0.25, 0.3) is 0 Å². The molecule has 0 aliphatic carbocycles. The highest BCUT2D eigenvalue weighted by atomic mass is 16.5. The van der Waals surface area contributed by atoms with Gasteiger partial charge in [-0.25, -0.2) is 4.79 Å². The Morgan fingerprint density at radius 3 is 2.67 bits per heavy atom. The van der Waals surface area contributed by atoms with Crippen molar-refractivity contribution in [3.05, 3.63) is 75.8 Å². The van der Waals surface area contributed by atoms with E-state index in [0.717, 1.165) is 27.7 Å². The highest BCUT2D eigenvalue weighted by Gasteiger charge is 2.07. The zero-order valence-electron chi connectivity index (χ0n) is 13.5. The van der Waals surface area contributed by atoms with Gasteiger partial charge in [-0.3, -0.25) is 0 Å². The van der Waals surface area contributed by atoms with E-state index < -0.39 is 0 Å². The van der Waals surface area contributed by atoms with Crippen LogP contribution in [0.15, 0.2) is 62.2 Å². The maximum Gasteiger partial charge on any atom is 0.336 e. The molecule has 0 radical (unpaired) electrons. The first-order chi connectivity index (χ1) is 11.6. The lowest BCUT2D eigenvalue weighted by molar-refractivity contribution is 0.274. The van der Waals surface area contributed by atoms with Crippen LogP contribution < -0.4 is 10.4 Å². The number of fused-ring (bicyclic) bond motifs is 2. The quantitative estimate of drug-likeness (QED) is 0.512. The fourth-order valence-electron chi connectivity index (χ4n) is 2.84.